The number of phenolic OH excluding ortho intramolecular Hbond substituents is 2. The van der Waals surface area contributed by atoms with Crippen molar-refractivity contribution in [2.75, 3.05) is 17.3 Å². The van der Waals surface area contributed by atoms with E-state index in [9.17, 15) is 10.2 Å². The molecule has 0 atom stereocenters. The number of nitrogens with one attached hydrogen (secondary N) is 2. The molecular formula is C21H30N2O2. The van der Waals surface area contributed by atoms with Crippen molar-refractivity contribution in [2.24, 2.45) is 0 Å². The molecule has 0 amide bonds. The Morgan fingerprint density at radius 1 is 0.720 bits per heavy atom. The van der Waals surface area contributed by atoms with Crippen LogP contribution in [0.15, 0.2) is 24.3 Å². The molecule has 0 aliphatic rings. The fourth-order valence-electron chi connectivity index (χ4n) is 2.96. The highest BCUT2D eigenvalue weighted by molar-refractivity contribution is 5.60. The molecule has 0 fully saturated rings. The van der Waals surface area contributed by atoms with Crippen molar-refractivity contribution in [3.63, 3.8) is 0 Å². The molecule has 0 aliphatic heterocycles. The van der Waals surface area contributed by atoms with Gasteiger partial charge in [0.2, 0.25) is 0 Å². The van der Waals surface area contributed by atoms with Gasteiger partial charge in [0.05, 0.1) is 6.67 Å². The Morgan fingerprint density at radius 3 is 1.40 bits per heavy atom. The quantitative estimate of drug-likeness (QED) is 0.417. The topological polar surface area (TPSA) is 64.5 Å². The summed E-state index contributed by atoms with van der Waals surface area (Å²) in [4.78, 5) is 0. The first-order valence-electron chi connectivity index (χ1n) is 8.85. The summed E-state index contributed by atoms with van der Waals surface area (Å²) in [6.45, 7) is 12.8. The maximum absolute atomic E-state index is 10.1. The fraction of sp³-hybridized carbons (Fsp3) is 0.429. The molecule has 2 rings (SSSR count). The van der Waals surface area contributed by atoms with E-state index in [0.29, 0.717) is 18.2 Å². The van der Waals surface area contributed by atoms with E-state index in [-0.39, 0.29) is 11.8 Å². The van der Waals surface area contributed by atoms with E-state index in [0.717, 1.165) is 33.6 Å². The normalized spacial score (nSPS) is 11.2. The van der Waals surface area contributed by atoms with Crippen LogP contribution in [-0.4, -0.2) is 16.9 Å². The molecule has 0 aliphatic carbocycles. The molecule has 0 saturated carbocycles. The Bertz CT molecular complexity index is 689. The van der Waals surface area contributed by atoms with Gasteiger partial charge in [-0.25, -0.2) is 0 Å². The molecule has 4 nitrogen and oxygen atoms in total. The smallest absolute Gasteiger partial charge is 0.119 e. The number of rotatable bonds is 6. The molecule has 4 heteroatoms. The van der Waals surface area contributed by atoms with E-state index in [1.54, 1.807) is 12.1 Å². The zero-order chi connectivity index (χ0) is 18.7. The minimum absolute atomic E-state index is 0.266. The van der Waals surface area contributed by atoms with Gasteiger partial charge in [-0.2, -0.15) is 0 Å². The third-order valence-corrected chi connectivity index (χ3v) is 4.55. The number of aromatic hydroxyl groups is 2. The number of phenols is 2. The number of aryl methyl sites for hydroxylation is 2. The zero-order valence-electron chi connectivity index (χ0n) is 16.1. The molecule has 0 radical (unpaired) electrons. The Balaban J connectivity index is 2.14. The molecule has 0 aromatic heterocycles. The maximum Gasteiger partial charge on any atom is 0.119 e. The van der Waals surface area contributed by atoms with Gasteiger partial charge in [-0.05, 0) is 72.2 Å². The zero-order valence-corrected chi connectivity index (χ0v) is 16.1. The summed E-state index contributed by atoms with van der Waals surface area (Å²) in [5.41, 5.74) is 5.92. The van der Waals surface area contributed by atoms with E-state index in [2.05, 4.69) is 38.3 Å². The first kappa shape index (κ1) is 19.0. The SMILES string of the molecule is Cc1cc(O)c(C(C)C)cc1NCNc1cc(C(C)C)c(O)cc1C. The average Bonchev–Trinajstić information content (AvgIpc) is 2.50. The Labute approximate surface area is 150 Å². The lowest BCUT2D eigenvalue weighted by Gasteiger charge is -2.18. The van der Waals surface area contributed by atoms with Crippen LogP contribution in [0, 0.1) is 13.8 Å². The molecule has 0 bridgehead atoms. The minimum Gasteiger partial charge on any atom is -0.508 e. The van der Waals surface area contributed by atoms with Crippen molar-refractivity contribution in [1.82, 2.24) is 0 Å². The summed E-state index contributed by atoms with van der Waals surface area (Å²) in [6, 6.07) is 7.64. The van der Waals surface area contributed by atoms with Gasteiger partial charge in [-0.1, -0.05) is 27.7 Å². The largest absolute Gasteiger partial charge is 0.508 e. The average molecular weight is 342 g/mol. The number of hydrogen-bond acceptors (Lipinski definition) is 4. The summed E-state index contributed by atoms with van der Waals surface area (Å²) in [5.74, 6) is 1.23. The van der Waals surface area contributed by atoms with E-state index in [4.69, 9.17) is 0 Å². The number of hydrogen-bond donors (Lipinski definition) is 4. The Hall–Kier alpha value is -2.36. The van der Waals surface area contributed by atoms with E-state index in [1.807, 2.05) is 26.0 Å². The van der Waals surface area contributed by atoms with Gasteiger partial charge >= 0.3 is 0 Å². The van der Waals surface area contributed by atoms with Crippen molar-refractivity contribution in [3.05, 3.63) is 46.5 Å². The van der Waals surface area contributed by atoms with E-state index in [1.165, 1.54) is 0 Å². The maximum atomic E-state index is 10.1. The standard InChI is InChI=1S/C21H30N2O2/c1-12(2)16-9-18(14(5)7-20(16)24)22-11-23-19-10-17(13(3)4)21(25)8-15(19)6/h7-10,12-13,22-25H,11H2,1-6H3. The first-order valence-corrected chi connectivity index (χ1v) is 8.85. The predicted octanol–water partition coefficient (Wildman–Crippen LogP) is 5.44. The van der Waals surface area contributed by atoms with Crippen molar-refractivity contribution in [3.8, 4) is 11.5 Å². The van der Waals surface area contributed by atoms with Gasteiger partial charge in [0.25, 0.3) is 0 Å². The van der Waals surface area contributed by atoms with Gasteiger partial charge in [0.15, 0.2) is 0 Å². The van der Waals surface area contributed by atoms with Crippen LogP contribution in [0.1, 0.15) is 61.8 Å². The van der Waals surface area contributed by atoms with Gasteiger partial charge in [0, 0.05) is 11.4 Å². The third kappa shape index (κ3) is 4.38. The number of anilines is 2. The molecule has 2 aromatic carbocycles. The van der Waals surface area contributed by atoms with E-state index >= 15 is 0 Å². The summed E-state index contributed by atoms with van der Waals surface area (Å²) in [5, 5.41) is 26.9. The van der Waals surface area contributed by atoms with Crippen LogP contribution in [0.2, 0.25) is 0 Å². The van der Waals surface area contributed by atoms with Gasteiger partial charge in [0.1, 0.15) is 11.5 Å². The van der Waals surface area contributed by atoms with Gasteiger partial charge in [-0.3, -0.25) is 0 Å². The molecule has 136 valence electrons. The summed E-state index contributed by atoms with van der Waals surface area (Å²) >= 11 is 0. The Kier molecular flexibility index (Phi) is 5.83. The Morgan fingerprint density at radius 2 is 1.08 bits per heavy atom. The van der Waals surface area contributed by atoms with Crippen LogP contribution in [0.25, 0.3) is 0 Å². The highest BCUT2D eigenvalue weighted by atomic mass is 16.3. The molecule has 0 unspecified atom stereocenters. The highest BCUT2D eigenvalue weighted by Crippen LogP contribution is 2.32. The predicted molar refractivity (Wildman–Crippen MR) is 106 cm³/mol. The van der Waals surface area contributed by atoms with E-state index < -0.39 is 0 Å². The van der Waals surface area contributed by atoms with Crippen molar-refractivity contribution in [1.29, 1.82) is 0 Å². The second-order valence-corrected chi connectivity index (χ2v) is 7.29. The van der Waals surface area contributed by atoms with Crippen LogP contribution in [0.5, 0.6) is 11.5 Å². The summed E-state index contributed by atoms with van der Waals surface area (Å²) in [6.07, 6.45) is 0. The highest BCUT2D eigenvalue weighted by Gasteiger charge is 2.11. The van der Waals surface area contributed by atoms with Crippen molar-refractivity contribution in [2.45, 2.75) is 53.4 Å². The lowest BCUT2D eigenvalue weighted by atomic mass is 9.99. The second kappa shape index (κ2) is 7.68. The van der Waals surface area contributed by atoms with Crippen LogP contribution < -0.4 is 10.6 Å². The molecule has 0 saturated heterocycles. The monoisotopic (exact) mass is 342 g/mol. The van der Waals surface area contributed by atoms with Crippen LogP contribution in [0.3, 0.4) is 0 Å². The van der Waals surface area contributed by atoms with Crippen LogP contribution >= 0.6 is 0 Å². The molecule has 0 spiro atoms. The molecule has 0 heterocycles. The van der Waals surface area contributed by atoms with Crippen molar-refractivity contribution >= 4 is 11.4 Å². The second-order valence-electron chi connectivity index (χ2n) is 7.29. The lowest BCUT2D eigenvalue weighted by molar-refractivity contribution is 0.464. The summed E-state index contributed by atoms with van der Waals surface area (Å²) in [7, 11) is 0. The molecule has 2 aromatic rings. The molecule has 25 heavy (non-hydrogen) atoms. The number of benzene rings is 2. The fourth-order valence-corrected chi connectivity index (χ4v) is 2.96. The van der Waals surface area contributed by atoms with Crippen LogP contribution in [-0.2, 0) is 0 Å². The van der Waals surface area contributed by atoms with Gasteiger partial charge in [-0.15, -0.1) is 0 Å². The third-order valence-electron chi connectivity index (χ3n) is 4.55. The summed E-state index contributed by atoms with van der Waals surface area (Å²) < 4.78 is 0. The molecular weight excluding hydrogens is 312 g/mol. The van der Waals surface area contributed by atoms with Crippen LogP contribution in [0.4, 0.5) is 11.4 Å². The van der Waals surface area contributed by atoms with Crippen molar-refractivity contribution < 1.29 is 10.2 Å². The van der Waals surface area contributed by atoms with Gasteiger partial charge < -0.3 is 20.8 Å². The molecule has 4 N–H and O–H groups in total. The first-order chi connectivity index (χ1) is 11.7. The minimum atomic E-state index is 0.266. The lowest BCUT2D eigenvalue weighted by Crippen LogP contribution is -2.14.